The number of carbonyl (C=O) groups is 2. The molecule has 1 amide bonds. The van der Waals surface area contributed by atoms with Gasteiger partial charge in [0.05, 0.1) is 5.88 Å². The zero-order valence-electron chi connectivity index (χ0n) is 11.4. The number of thioether (sulfide) groups is 1. The Morgan fingerprint density at radius 1 is 1.48 bits per heavy atom. The Kier molecular flexibility index (Phi) is 4.30. The monoisotopic (exact) mass is 333 g/mol. The zero-order valence-corrected chi connectivity index (χ0v) is 13.1. The number of carboxylic acids is 1. The highest BCUT2D eigenvalue weighted by Gasteiger charge is 2.36. The van der Waals surface area contributed by atoms with Crippen LogP contribution in [0.25, 0.3) is 0 Å². The summed E-state index contributed by atoms with van der Waals surface area (Å²) in [6.45, 7) is 0. The van der Waals surface area contributed by atoms with Crippen molar-refractivity contribution in [3.8, 4) is 0 Å². The molecule has 116 valence electrons. The van der Waals surface area contributed by atoms with Crippen molar-refractivity contribution in [2.75, 3.05) is 18.7 Å². The summed E-state index contributed by atoms with van der Waals surface area (Å²) in [5.41, 5.74) is 0.137. The minimum Gasteiger partial charge on any atom is -0.480 e. The van der Waals surface area contributed by atoms with E-state index in [1.807, 2.05) is 0 Å². The van der Waals surface area contributed by atoms with Gasteiger partial charge in [0.1, 0.15) is 16.6 Å². The lowest BCUT2D eigenvalue weighted by Crippen LogP contribution is -2.42. The number of carboxylic acid groups (broad SMARTS) is 1. The molecule has 0 bridgehead atoms. The van der Waals surface area contributed by atoms with Crippen molar-refractivity contribution in [3.05, 3.63) is 18.0 Å². The molecule has 0 spiro atoms. The number of aryl methyl sites for hydroxylation is 1. The first-order valence-electron chi connectivity index (χ1n) is 5.99. The third-order valence-electron chi connectivity index (χ3n) is 3.21. The SMILES string of the molecule is CNS(=O)(=O)c1cc(C(=O)N2CSC[C@H]2C(=O)O)n(C)c1. The van der Waals surface area contributed by atoms with Crippen LogP contribution in [0.4, 0.5) is 0 Å². The van der Waals surface area contributed by atoms with Gasteiger partial charge in [-0.05, 0) is 13.1 Å². The summed E-state index contributed by atoms with van der Waals surface area (Å²) in [5, 5.41) is 9.10. The van der Waals surface area contributed by atoms with E-state index in [-0.39, 0.29) is 16.5 Å². The fourth-order valence-electron chi connectivity index (χ4n) is 2.01. The van der Waals surface area contributed by atoms with Gasteiger partial charge >= 0.3 is 5.97 Å². The molecular formula is C11H15N3O5S2. The third kappa shape index (κ3) is 2.92. The molecule has 0 radical (unpaired) electrons. The quantitative estimate of drug-likeness (QED) is 0.771. The molecule has 1 aliphatic heterocycles. The lowest BCUT2D eigenvalue weighted by atomic mass is 10.2. The third-order valence-corrected chi connectivity index (χ3v) is 5.60. The molecule has 2 rings (SSSR count). The molecule has 8 nitrogen and oxygen atoms in total. The van der Waals surface area contributed by atoms with Gasteiger partial charge in [0.15, 0.2) is 0 Å². The molecule has 1 aliphatic rings. The Hall–Kier alpha value is -1.52. The van der Waals surface area contributed by atoms with Crippen molar-refractivity contribution in [1.82, 2.24) is 14.2 Å². The smallest absolute Gasteiger partial charge is 0.327 e. The Morgan fingerprint density at radius 2 is 2.14 bits per heavy atom. The molecule has 1 saturated heterocycles. The number of hydrogen-bond acceptors (Lipinski definition) is 5. The van der Waals surface area contributed by atoms with E-state index >= 15 is 0 Å². The van der Waals surface area contributed by atoms with Crippen molar-refractivity contribution in [2.24, 2.45) is 7.05 Å². The van der Waals surface area contributed by atoms with E-state index in [4.69, 9.17) is 5.11 Å². The van der Waals surface area contributed by atoms with Gasteiger partial charge in [-0.2, -0.15) is 0 Å². The number of rotatable bonds is 4. The minimum absolute atomic E-state index is 0.0328. The predicted molar refractivity (Wildman–Crippen MR) is 76.6 cm³/mol. The fraction of sp³-hybridized carbons (Fsp3) is 0.455. The predicted octanol–water partition coefficient (Wildman–Crippen LogP) is -0.467. The first kappa shape index (κ1) is 15.9. The highest BCUT2D eigenvalue weighted by Crippen LogP contribution is 2.24. The van der Waals surface area contributed by atoms with Gasteiger partial charge < -0.3 is 14.6 Å². The topological polar surface area (TPSA) is 109 Å². The molecule has 0 saturated carbocycles. The normalized spacial score (nSPS) is 19.0. The standard InChI is InChI=1S/C11H15N3O5S2/c1-12-21(18,19)7-3-8(13(2)4-7)10(15)14-6-20-5-9(14)11(16)17/h3-4,9,12H,5-6H2,1-2H3,(H,16,17)/t9-/m0/s1. The molecule has 1 aromatic rings. The minimum atomic E-state index is -3.65. The van der Waals surface area contributed by atoms with Gasteiger partial charge in [0, 0.05) is 19.0 Å². The van der Waals surface area contributed by atoms with Crippen LogP contribution in [0.2, 0.25) is 0 Å². The van der Waals surface area contributed by atoms with Gasteiger partial charge in [-0.3, -0.25) is 4.79 Å². The van der Waals surface area contributed by atoms with Crippen LogP contribution in [0.5, 0.6) is 0 Å². The molecule has 2 heterocycles. The second-order valence-electron chi connectivity index (χ2n) is 4.51. The molecule has 0 aromatic carbocycles. The van der Waals surface area contributed by atoms with Crippen molar-refractivity contribution in [2.45, 2.75) is 10.9 Å². The van der Waals surface area contributed by atoms with Crippen LogP contribution < -0.4 is 4.72 Å². The molecule has 0 unspecified atom stereocenters. The molecule has 1 atom stereocenters. The lowest BCUT2D eigenvalue weighted by molar-refractivity contribution is -0.140. The number of sulfonamides is 1. The Labute approximate surface area is 126 Å². The molecule has 21 heavy (non-hydrogen) atoms. The van der Waals surface area contributed by atoms with Crippen LogP contribution in [0.15, 0.2) is 17.2 Å². The molecule has 10 heteroatoms. The van der Waals surface area contributed by atoms with Gasteiger partial charge in [0.25, 0.3) is 5.91 Å². The van der Waals surface area contributed by atoms with Gasteiger partial charge in [-0.15, -0.1) is 11.8 Å². The molecular weight excluding hydrogens is 318 g/mol. The summed E-state index contributed by atoms with van der Waals surface area (Å²) in [6, 6.07) is 0.359. The largest absolute Gasteiger partial charge is 0.480 e. The van der Waals surface area contributed by atoms with E-state index in [1.54, 1.807) is 7.05 Å². The molecule has 1 aromatic heterocycles. The Balaban J connectivity index is 2.34. The highest BCUT2D eigenvalue weighted by atomic mass is 32.2. The van der Waals surface area contributed by atoms with E-state index in [0.29, 0.717) is 5.75 Å². The van der Waals surface area contributed by atoms with Crippen LogP contribution in [0.1, 0.15) is 10.5 Å². The average Bonchev–Trinajstić information content (AvgIpc) is 3.04. The van der Waals surface area contributed by atoms with E-state index in [0.717, 1.165) is 0 Å². The summed E-state index contributed by atoms with van der Waals surface area (Å²) in [4.78, 5) is 24.7. The summed E-state index contributed by atoms with van der Waals surface area (Å²) in [7, 11) is -0.828. The van der Waals surface area contributed by atoms with Crippen molar-refractivity contribution in [3.63, 3.8) is 0 Å². The van der Waals surface area contributed by atoms with E-state index in [9.17, 15) is 18.0 Å². The molecule has 1 fully saturated rings. The van der Waals surface area contributed by atoms with Gasteiger partial charge in [-0.1, -0.05) is 0 Å². The van der Waals surface area contributed by atoms with E-state index in [2.05, 4.69) is 4.72 Å². The molecule has 2 N–H and O–H groups in total. The number of carbonyl (C=O) groups excluding carboxylic acids is 1. The van der Waals surface area contributed by atoms with Crippen molar-refractivity contribution < 1.29 is 23.1 Å². The van der Waals surface area contributed by atoms with Crippen LogP contribution in [-0.2, 0) is 21.9 Å². The zero-order chi connectivity index (χ0) is 15.8. The lowest BCUT2D eigenvalue weighted by Gasteiger charge is -2.20. The maximum Gasteiger partial charge on any atom is 0.327 e. The molecule has 0 aliphatic carbocycles. The van der Waals surface area contributed by atoms with Crippen LogP contribution in [-0.4, -0.2) is 59.6 Å². The van der Waals surface area contributed by atoms with Gasteiger partial charge in [0.2, 0.25) is 10.0 Å². The summed E-state index contributed by atoms with van der Waals surface area (Å²) < 4.78 is 27.0. The number of hydrogen-bond donors (Lipinski definition) is 2. The maximum absolute atomic E-state index is 12.4. The Morgan fingerprint density at radius 3 is 2.71 bits per heavy atom. The number of amides is 1. The number of aliphatic carboxylic acids is 1. The summed E-state index contributed by atoms with van der Waals surface area (Å²) in [5.74, 6) is -0.958. The second-order valence-corrected chi connectivity index (χ2v) is 7.39. The van der Waals surface area contributed by atoms with Crippen LogP contribution >= 0.6 is 11.8 Å². The van der Waals surface area contributed by atoms with Gasteiger partial charge in [-0.25, -0.2) is 17.9 Å². The number of nitrogens with zero attached hydrogens (tertiary/aromatic N) is 2. The Bertz CT molecular complexity index is 682. The second kappa shape index (κ2) is 5.70. The van der Waals surface area contributed by atoms with Crippen LogP contribution in [0.3, 0.4) is 0 Å². The van der Waals surface area contributed by atoms with Crippen LogP contribution in [0, 0.1) is 0 Å². The first-order valence-corrected chi connectivity index (χ1v) is 8.63. The average molecular weight is 333 g/mol. The van der Waals surface area contributed by atoms with Crippen molar-refractivity contribution in [1.29, 1.82) is 0 Å². The number of nitrogens with one attached hydrogen (secondary N) is 1. The summed E-state index contributed by atoms with van der Waals surface area (Å²) in [6.07, 6.45) is 1.32. The number of aromatic nitrogens is 1. The summed E-state index contributed by atoms with van der Waals surface area (Å²) >= 11 is 1.35. The fourth-order valence-corrected chi connectivity index (χ4v) is 3.95. The van der Waals surface area contributed by atoms with E-state index in [1.165, 1.54) is 40.5 Å². The van der Waals surface area contributed by atoms with E-state index < -0.39 is 27.9 Å². The highest BCUT2D eigenvalue weighted by molar-refractivity contribution is 7.99. The van der Waals surface area contributed by atoms with Crippen molar-refractivity contribution >= 4 is 33.7 Å². The first-order chi connectivity index (χ1) is 9.77. The maximum atomic E-state index is 12.4.